The van der Waals surface area contributed by atoms with Crippen molar-refractivity contribution in [2.24, 2.45) is 5.92 Å². The van der Waals surface area contributed by atoms with E-state index in [1.807, 2.05) is 35.8 Å². The van der Waals surface area contributed by atoms with Crippen LogP contribution >= 0.6 is 0 Å². The van der Waals surface area contributed by atoms with Gasteiger partial charge >= 0.3 is 5.97 Å². The van der Waals surface area contributed by atoms with E-state index in [9.17, 15) is 14.7 Å². The van der Waals surface area contributed by atoms with E-state index in [1.165, 1.54) is 11.8 Å². The van der Waals surface area contributed by atoms with E-state index in [2.05, 4.69) is 5.10 Å². The third kappa shape index (κ3) is 3.89. The zero-order valence-corrected chi connectivity index (χ0v) is 17.4. The quantitative estimate of drug-likeness (QED) is 0.654. The topological polar surface area (TPSA) is 86.4 Å². The van der Waals surface area contributed by atoms with E-state index in [-0.39, 0.29) is 11.7 Å². The first kappa shape index (κ1) is 20.3. The second-order valence-electron chi connectivity index (χ2n) is 8.13. The molecule has 7 nitrogen and oxygen atoms in total. The molecule has 4 rings (SSSR count). The van der Waals surface area contributed by atoms with Crippen LogP contribution in [-0.4, -0.2) is 38.6 Å². The Kier molecular flexibility index (Phi) is 5.72. The third-order valence-electron chi connectivity index (χ3n) is 6.08. The van der Waals surface area contributed by atoms with Gasteiger partial charge in [0.25, 0.3) is 5.56 Å². The number of para-hydroxylation sites is 1. The maximum Gasteiger partial charge on any atom is 0.341 e. The van der Waals surface area contributed by atoms with Crippen molar-refractivity contribution in [1.29, 1.82) is 0 Å². The molecule has 30 heavy (non-hydrogen) atoms. The number of carbonyl (C=O) groups is 1. The van der Waals surface area contributed by atoms with Crippen LogP contribution in [0.15, 0.2) is 41.5 Å². The highest BCUT2D eigenvalue weighted by molar-refractivity contribution is 5.96. The van der Waals surface area contributed by atoms with Crippen molar-refractivity contribution >= 4 is 5.97 Å². The number of aryl methyl sites for hydroxylation is 2. The maximum atomic E-state index is 13.1. The van der Waals surface area contributed by atoms with Crippen LogP contribution in [-0.2, 0) is 11.3 Å². The summed E-state index contributed by atoms with van der Waals surface area (Å²) < 4.78 is 8.21. The van der Waals surface area contributed by atoms with Crippen molar-refractivity contribution in [3.63, 3.8) is 0 Å². The van der Waals surface area contributed by atoms with Gasteiger partial charge in [0, 0.05) is 18.9 Å². The monoisotopic (exact) mass is 409 g/mol. The Bertz CT molecular complexity index is 1080. The Morgan fingerprint density at radius 3 is 2.63 bits per heavy atom. The molecule has 158 valence electrons. The van der Waals surface area contributed by atoms with E-state index in [0.717, 1.165) is 37.7 Å². The van der Waals surface area contributed by atoms with Crippen LogP contribution in [0.3, 0.4) is 0 Å². The summed E-state index contributed by atoms with van der Waals surface area (Å²) >= 11 is 0. The molecule has 0 amide bonds. The summed E-state index contributed by atoms with van der Waals surface area (Å²) in [5.41, 5.74) is 2.42. The van der Waals surface area contributed by atoms with Crippen molar-refractivity contribution in [3.8, 4) is 16.9 Å². The van der Waals surface area contributed by atoms with Gasteiger partial charge in [-0.1, -0.05) is 18.2 Å². The summed E-state index contributed by atoms with van der Waals surface area (Å²) in [5.74, 6) is 0.0316. The van der Waals surface area contributed by atoms with Crippen molar-refractivity contribution in [2.75, 3.05) is 7.11 Å². The van der Waals surface area contributed by atoms with Crippen molar-refractivity contribution in [3.05, 3.63) is 58.1 Å². The number of hydrogen-bond acceptors (Lipinski definition) is 5. The number of aromatic nitrogens is 3. The number of pyridine rings is 1. The van der Waals surface area contributed by atoms with Gasteiger partial charge in [0.15, 0.2) is 0 Å². The summed E-state index contributed by atoms with van der Waals surface area (Å²) in [5, 5.41) is 14.2. The lowest BCUT2D eigenvalue weighted by molar-refractivity contribution is 0.0600. The van der Waals surface area contributed by atoms with Crippen molar-refractivity contribution in [1.82, 2.24) is 14.3 Å². The molecule has 3 aliphatic rings. The number of ether oxygens (including phenoxy) is 1. The minimum atomic E-state index is -0.510. The molecule has 0 spiro atoms. The molecule has 1 aromatic rings. The number of esters is 1. The average molecular weight is 409 g/mol. The molecule has 1 fully saturated rings. The number of aliphatic hydroxyl groups is 1. The summed E-state index contributed by atoms with van der Waals surface area (Å²) in [4.78, 5) is 25.6. The Labute approximate surface area is 175 Å². The molecule has 2 aliphatic heterocycles. The molecule has 0 radical (unpaired) electrons. The molecule has 2 heterocycles. The smallest absolute Gasteiger partial charge is 0.341 e. The van der Waals surface area contributed by atoms with Gasteiger partial charge in [-0.05, 0) is 56.6 Å². The first-order valence-electron chi connectivity index (χ1n) is 10.4. The fraction of sp³-hybridized carbons (Fsp3) is 0.435. The number of benzene rings is 1. The van der Waals surface area contributed by atoms with Crippen LogP contribution in [0.25, 0.3) is 16.9 Å². The fourth-order valence-electron chi connectivity index (χ4n) is 4.28. The molecule has 0 atom stereocenters. The van der Waals surface area contributed by atoms with E-state index in [1.54, 1.807) is 12.4 Å². The molecule has 1 aromatic carbocycles. The van der Waals surface area contributed by atoms with Gasteiger partial charge in [-0.3, -0.25) is 4.79 Å². The minimum absolute atomic E-state index is 0.175. The van der Waals surface area contributed by atoms with Gasteiger partial charge in [-0.2, -0.15) is 9.78 Å². The molecular formula is C23H27N3O4. The number of fused-ring (bicyclic) bond motifs is 1. The zero-order valence-electron chi connectivity index (χ0n) is 17.4. The third-order valence-corrected chi connectivity index (χ3v) is 6.08. The largest absolute Gasteiger partial charge is 0.465 e. The van der Waals surface area contributed by atoms with Gasteiger partial charge in [0.05, 0.1) is 24.5 Å². The van der Waals surface area contributed by atoms with E-state index < -0.39 is 5.97 Å². The fourth-order valence-corrected chi connectivity index (χ4v) is 4.28. The average Bonchev–Trinajstić information content (AvgIpc) is 3.09. The number of rotatable bonds is 5. The lowest BCUT2D eigenvalue weighted by Crippen LogP contribution is -2.20. The second-order valence-corrected chi connectivity index (χ2v) is 8.13. The Morgan fingerprint density at radius 1 is 1.20 bits per heavy atom. The summed E-state index contributed by atoms with van der Waals surface area (Å²) in [6.07, 6.45) is 7.96. The highest BCUT2D eigenvalue weighted by atomic mass is 16.5. The predicted molar refractivity (Wildman–Crippen MR) is 113 cm³/mol. The van der Waals surface area contributed by atoms with Crippen LogP contribution < -0.4 is 5.56 Å². The van der Waals surface area contributed by atoms with Gasteiger partial charge in [0.2, 0.25) is 0 Å². The van der Waals surface area contributed by atoms with Gasteiger partial charge < -0.3 is 14.4 Å². The number of hydrogen-bond donors (Lipinski definition) is 1. The molecule has 0 bridgehead atoms. The molecule has 0 saturated heterocycles. The Morgan fingerprint density at radius 2 is 1.93 bits per heavy atom. The molecule has 1 saturated carbocycles. The highest BCUT2D eigenvalue weighted by Gasteiger charge is 2.26. The number of nitrogens with zero attached hydrogens (tertiary/aromatic N) is 3. The normalized spacial score (nSPS) is 19.2. The lowest BCUT2D eigenvalue weighted by Gasteiger charge is -2.25. The van der Waals surface area contributed by atoms with Gasteiger partial charge in [-0.25, -0.2) is 4.79 Å². The number of carbonyl (C=O) groups excluding carboxylic acids is 1. The molecule has 0 aromatic heterocycles. The molecule has 0 unspecified atom stereocenters. The Hall–Kier alpha value is -2.93. The van der Waals surface area contributed by atoms with Crippen molar-refractivity contribution in [2.45, 2.75) is 51.7 Å². The zero-order chi connectivity index (χ0) is 21.3. The van der Waals surface area contributed by atoms with Crippen LogP contribution in [0.1, 0.15) is 48.0 Å². The first-order valence-corrected chi connectivity index (χ1v) is 10.4. The summed E-state index contributed by atoms with van der Waals surface area (Å²) in [6.45, 7) is 2.61. The van der Waals surface area contributed by atoms with Crippen LogP contribution in [0.5, 0.6) is 0 Å². The molecule has 1 N–H and O–H groups in total. The van der Waals surface area contributed by atoms with Crippen LogP contribution in [0.2, 0.25) is 0 Å². The molecular weight excluding hydrogens is 382 g/mol. The summed E-state index contributed by atoms with van der Waals surface area (Å²) in [6, 6.07) is 7.52. The minimum Gasteiger partial charge on any atom is -0.465 e. The van der Waals surface area contributed by atoms with Crippen molar-refractivity contribution < 1.29 is 14.6 Å². The van der Waals surface area contributed by atoms with E-state index in [0.29, 0.717) is 35.0 Å². The lowest BCUT2D eigenvalue weighted by atomic mass is 9.85. The second kappa shape index (κ2) is 8.44. The predicted octanol–water partition coefficient (Wildman–Crippen LogP) is 3.18. The number of methoxy groups -OCH3 is 1. The summed E-state index contributed by atoms with van der Waals surface area (Å²) in [7, 11) is 1.33. The maximum absolute atomic E-state index is 13.1. The Balaban J connectivity index is 1.71. The van der Waals surface area contributed by atoms with Gasteiger partial charge in [0.1, 0.15) is 11.3 Å². The van der Waals surface area contributed by atoms with E-state index in [4.69, 9.17) is 4.74 Å². The first-order chi connectivity index (χ1) is 14.5. The van der Waals surface area contributed by atoms with Crippen LogP contribution in [0.4, 0.5) is 0 Å². The molecule has 7 heteroatoms. The number of aliphatic hydroxyl groups excluding tert-OH is 1. The highest BCUT2D eigenvalue weighted by Crippen LogP contribution is 2.28. The molecule has 1 aliphatic carbocycles. The van der Waals surface area contributed by atoms with E-state index >= 15 is 0 Å². The van der Waals surface area contributed by atoms with Gasteiger partial charge in [-0.15, -0.1) is 0 Å². The SMILES string of the molecule is COC(=O)c1cn(CCC2CCC(O)CC2)cc2c(=O)n(-c3ccccc3C)nc1-2. The standard InChI is InChI=1S/C23H27N3O4/c1-15-5-3-4-6-20(15)26-22(28)18-13-25(12-11-16-7-9-17(27)10-8-16)14-19(21(18)24-26)23(29)30-2/h3-6,13-14,16-17,27H,7-12H2,1-2H3. The van der Waals surface area contributed by atoms with Crippen LogP contribution in [0, 0.1) is 12.8 Å².